The minimum atomic E-state index is -1.66. The minimum absolute atomic E-state index is 0.716. The first-order valence-corrected chi connectivity index (χ1v) is 11.0. The molecule has 0 radical (unpaired) electrons. The van der Waals surface area contributed by atoms with Gasteiger partial charge in [-0.1, -0.05) is 47.6 Å². The maximum atomic E-state index is 3.77. The highest BCUT2D eigenvalue weighted by atomic mass is 79.9. The maximum absolute atomic E-state index is 3.77. The Hall–Kier alpha value is -0.543. The van der Waals surface area contributed by atoms with Crippen molar-refractivity contribution in [2.24, 2.45) is 0 Å². The van der Waals surface area contributed by atoms with Crippen LogP contribution in [0.15, 0.2) is 28.9 Å². The molecule has 0 saturated heterocycles. The summed E-state index contributed by atoms with van der Waals surface area (Å²) in [6.07, 6.45) is 2.35. The second kappa shape index (κ2) is 5.92. The summed E-state index contributed by atoms with van der Waals surface area (Å²) in [4.78, 5) is 0. The molecule has 0 aliphatic rings. The van der Waals surface area contributed by atoms with E-state index in [-0.39, 0.29) is 0 Å². The van der Waals surface area contributed by atoms with Crippen molar-refractivity contribution in [1.82, 2.24) is 4.23 Å². The van der Waals surface area contributed by atoms with Crippen molar-refractivity contribution >= 4 is 35.1 Å². The Morgan fingerprint density at radius 1 is 0.905 bits per heavy atom. The van der Waals surface area contributed by atoms with Crippen LogP contribution in [0.25, 0.3) is 10.9 Å². The number of aryl methyl sites for hydroxylation is 1. The van der Waals surface area contributed by atoms with Crippen molar-refractivity contribution in [2.75, 3.05) is 0 Å². The Bertz CT molecular complexity index is 618. The predicted molar refractivity (Wildman–Crippen MR) is 101 cm³/mol. The Kier molecular flexibility index (Phi) is 4.74. The molecule has 0 spiro atoms. The van der Waals surface area contributed by atoms with Crippen LogP contribution in [0.2, 0.25) is 16.6 Å². The Balaban J connectivity index is 2.81. The molecule has 3 heteroatoms. The van der Waals surface area contributed by atoms with Gasteiger partial charge in [0.05, 0.1) is 0 Å². The molecule has 0 atom stereocenters. The van der Waals surface area contributed by atoms with Crippen molar-refractivity contribution < 1.29 is 0 Å². The van der Waals surface area contributed by atoms with E-state index in [0.29, 0.717) is 16.6 Å². The zero-order chi connectivity index (χ0) is 15.9. The maximum Gasteiger partial charge on any atom is 0.169 e. The lowest BCUT2D eigenvalue weighted by molar-refractivity contribution is 0.773. The molecule has 0 aliphatic heterocycles. The average Bonchev–Trinajstić information content (AvgIpc) is 2.78. The fraction of sp³-hybridized carbons (Fsp3) is 0.556. The van der Waals surface area contributed by atoms with Crippen LogP contribution in [-0.4, -0.2) is 12.5 Å². The third-order valence-corrected chi connectivity index (χ3v) is 13.0. The molecule has 0 amide bonds. The normalized spacial score (nSPS) is 13.1. The van der Waals surface area contributed by atoms with Gasteiger partial charge in [-0.2, -0.15) is 0 Å². The first-order chi connectivity index (χ1) is 9.74. The van der Waals surface area contributed by atoms with E-state index in [2.05, 4.69) is 93.0 Å². The largest absolute Gasteiger partial charge is 0.373 e. The van der Waals surface area contributed by atoms with Gasteiger partial charge in [-0.25, -0.2) is 0 Å². The van der Waals surface area contributed by atoms with E-state index >= 15 is 0 Å². The topological polar surface area (TPSA) is 4.93 Å². The van der Waals surface area contributed by atoms with Crippen LogP contribution in [-0.2, 0) is 0 Å². The van der Waals surface area contributed by atoms with Gasteiger partial charge in [0.1, 0.15) is 0 Å². The van der Waals surface area contributed by atoms with E-state index < -0.39 is 8.24 Å². The second-order valence-electron chi connectivity index (χ2n) is 7.17. The number of halogens is 1. The number of hydrogen-bond acceptors (Lipinski definition) is 0. The van der Waals surface area contributed by atoms with Gasteiger partial charge < -0.3 is 4.23 Å². The molecule has 116 valence electrons. The molecule has 0 aliphatic carbocycles. The van der Waals surface area contributed by atoms with Crippen molar-refractivity contribution in [2.45, 2.75) is 65.1 Å². The van der Waals surface area contributed by atoms with Gasteiger partial charge in [-0.05, 0) is 63.4 Å². The van der Waals surface area contributed by atoms with Crippen LogP contribution >= 0.6 is 15.9 Å². The molecule has 2 rings (SSSR count). The lowest BCUT2D eigenvalue weighted by Crippen LogP contribution is -2.51. The van der Waals surface area contributed by atoms with Gasteiger partial charge in [0.15, 0.2) is 8.24 Å². The number of benzene rings is 1. The summed E-state index contributed by atoms with van der Waals surface area (Å²) in [5.41, 5.74) is 4.86. The van der Waals surface area contributed by atoms with Crippen LogP contribution in [0.1, 0.15) is 47.1 Å². The highest BCUT2D eigenvalue weighted by Crippen LogP contribution is 2.44. The van der Waals surface area contributed by atoms with E-state index in [9.17, 15) is 0 Å². The first kappa shape index (κ1) is 16.8. The number of nitrogens with zero attached hydrogens (tertiary/aromatic N) is 1. The summed E-state index contributed by atoms with van der Waals surface area (Å²) in [6.45, 7) is 16.7. The Labute approximate surface area is 139 Å². The number of aromatic nitrogens is 1. The Morgan fingerprint density at radius 2 is 1.43 bits per heavy atom. The van der Waals surface area contributed by atoms with Crippen LogP contribution in [0.5, 0.6) is 0 Å². The smallest absolute Gasteiger partial charge is 0.169 e. The van der Waals surface area contributed by atoms with Gasteiger partial charge >= 0.3 is 0 Å². The summed E-state index contributed by atoms with van der Waals surface area (Å²) in [7, 11) is -1.66. The molecule has 0 unspecified atom stereocenters. The SMILES string of the molecule is Cc1ccc2c(ccn2[Si](C(C)C)(C(C)C)C(C)C)c1Br. The molecular weight excluding hydrogens is 338 g/mol. The average molecular weight is 366 g/mol. The zero-order valence-electron chi connectivity index (χ0n) is 14.4. The van der Waals surface area contributed by atoms with E-state index in [4.69, 9.17) is 0 Å². The fourth-order valence-electron chi connectivity index (χ4n) is 4.46. The molecule has 1 nitrogen and oxygen atoms in total. The van der Waals surface area contributed by atoms with E-state index in [1.807, 2.05) is 0 Å². The number of hydrogen-bond donors (Lipinski definition) is 0. The molecule has 1 aromatic carbocycles. The minimum Gasteiger partial charge on any atom is -0.373 e. The molecule has 0 N–H and O–H groups in total. The monoisotopic (exact) mass is 365 g/mol. The summed E-state index contributed by atoms with van der Waals surface area (Å²) >= 11 is 3.77. The number of rotatable bonds is 4. The summed E-state index contributed by atoms with van der Waals surface area (Å²) < 4.78 is 3.92. The predicted octanol–water partition coefficient (Wildman–Crippen LogP) is 6.74. The van der Waals surface area contributed by atoms with Gasteiger partial charge in [0.2, 0.25) is 0 Å². The van der Waals surface area contributed by atoms with Crippen LogP contribution < -0.4 is 0 Å². The zero-order valence-corrected chi connectivity index (χ0v) is 17.0. The van der Waals surface area contributed by atoms with E-state index in [1.54, 1.807) is 0 Å². The molecule has 21 heavy (non-hydrogen) atoms. The summed E-state index contributed by atoms with van der Waals surface area (Å²) in [5.74, 6) is 0. The lowest BCUT2D eigenvalue weighted by atomic mass is 10.2. The van der Waals surface area contributed by atoms with Crippen molar-refractivity contribution in [3.63, 3.8) is 0 Å². The second-order valence-corrected chi connectivity index (χ2v) is 13.7. The molecule has 1 aromatic heterocycles. The van der Waals surface area contributed by atoms with Crippen molar-refractivity contribution in [1.29, 1.82) is 0 Å². The van der Waals surface area contributed by atoms with Gasteiger partial charge in [-0.15, -0.1) is 0 Å². The molecule has 1 heterocycles. The van der Waals surface area contributed by atoms with Gasteiger partial charge in [0, 0.05) is 15.4 Å². The molecular formula is C18H28BrNSi. The quantitative estimate of drug-likeness (QED) is 0.528. The van der Waals surface area contributed by atoms with Crippen molar-refractivity contribution in [3.05, 3.63) is 34.4 Å². The molecule has 0 fully saturated rings. The van der Waals surface area contributed by atoms with Crippen LogP contribution in [0.3, 0.4) is 0 Å². The van der Waals surface area contributed by atoms with E-state index in [1.165, 1.54) is 20.9 Å². The molecule has 0 bridgehead atoms. The third-order valence-electron chi connectivity index (χ3n) is 5.19. The third kappa shape index (κ3) is 2.42. The Morgan fingerprint density at radius 3 is 1.90 bits per heavy atom. The van der Waals surface area contributed by atoms with Crippen LogP contribution in [0, 0.1) is 6.92 Å². The highest BCUT2D eigenvalue weighted by molar-refractivity contribution is 9.10. The molecule has 2 aromatic rings. The standard InChI is InChI=1S/C18H28BrNSi/c1-12(2)21(13(3)4,14(5)6)20-11-10-16-17(20)9-8-15(7)18(16)19/h8-14H,1-7H3. The van der Waals surface area contributed by atoms with Crippen molar-refractivity contribution in [3.8, 4) is 0 Å². The molecule has 0 saturated carbocycles. The van der Waals surface area contributed by atoms with E-state index in [0.717, 1.165) is 0 Å². The lowest BCUT2D eigenvalue weighted by Gasteiger charge is -2.44. The summed E-state index contributed by atoms with van der Waals surface area (Å²) in [5, 5.41) is 1.36. The van der Waals surface area contributed by atoms with Crippen LogP contribution in [0.4, 0.5) is 0 Å². The first-order valence-electron chi connectivity index (χ1n) is 8.01. The highest BCUT2D eigenvalue weighted by Gasteiger charge is 2.45. The fourth-order valence-corrected chi connectivity index (χ4v) is 11.5. The van der Waals surface area contributed by atoms with Gasteiger partial charge in [-0.3, -0.25) is 0 Å². The van der Waals surface area contributed by atoms with Gasteiger partial charge in [0.25, 0.3) is 0 Å². The summed E-state index contributed by atoms with van der Waals surface area (Å²) in [6, 6.07) is 6.84. The number of fused-ring (bicyclic) bond motifs is 1.